The second kappa shape index (κ2) is 5.06. The van der Waals surface area contributed by atoms with E-state index in [0.29, 0.717) is 17.7 Å². The van der Waals surface area contributed by atoms with E-state index in [1.165, 1.54) is 12.1 Å². The fourth-order valence-electron chi connectivity index (χ4n) is 2.06. The molecule has 1 heterocycles. The third-order valence-corrected chi connectivity index (χ3v) is 4.66. The molecule has 5 nitrogen and oxygen atoms in total. The van der Waals surface area contributed by atoms with Gasteiger partial charge in [0, 0.05) is 12.6 Å². The average Bonchev–Trinajstić information content (AvgIpc) is 2.80. The van der Waals surface area contributed by atoms with Gasteiger partial charge in [-0.25, -0.2) is 13.1 Å². The van der Waals surface area contributed by atoms with Gasteiger partial charge in [0.2, 0.25) is 10.0 Å². The van der Waals surface area contributed by atoms with Crippen LogP contribution in [0.5, 0.6) is 0 Å². The van der Waals surface area contributed by atoms with Crippen LogP contribution in [0.15, 0.2) is 23.1 Å². The minimum absolute atomic E-state index is 0.0509. The summed E-state index contributed by atoms with van der Waals surface area (Å²) >= 11 is 0. The van der Waals surface area contributed by atoms with Gasteiger partial charge in [-0.2, -0.15) is 5.26 Å². The quantitative estimate of drug-likeness (QED) is 0.834. The summed E-state index contributed by atoms with van der Waals surface area (Å²) in [7, 11) is -3.50. The summed E-state index contributed by atoms with van der Waals surface area (Å²) in [5.74, 6) is 0. The molecule has 18 heavy (non-hydrogen) atoms. The SMILES string of the molecule is Cc1cc(C#N)ccc1S(=O)(=O)N[C@H]1CCNC1. The van der Waals surface area contributed by atoms with Crippen LogP contribution in [-0.4, -0.2) is 27.5 Å². The number of benzene rings is 1. The van der Waals surface area contributed by atoms with E-state index in [0.717, 1.165) is 13.0 Å². The van der Waals surface area contributed by atoms with Crippen LogP contribution in [-0.2, 0) is 10.0 Å². The molecule has 1 aliphatic rings. The van der Waals surface area contributed by atoms with Gasteiger partial charge >= 0.3 is 0 Å². The van der Waals surface area contributed by atoms with Crippen LogP contribution in [0.1, 0.15) is 17.5 Å². The van der Waals surface area contributed by atoms with Gasteiger partial charge in [0.25, 0.3) is 0 Å². The molecule has 0 unspecified atom stereocenters. The van der Waals surface area contributed by atoms with Crippen molar-refractivity contribution in [1.82, 2.24) is 10.0 Å². The molecule has 1 fully saturated rings. The van der Waals surface area contributed by atoms with Crippen molar-refractivity contribution in [3.8, 4) is 6.07 Å². The van der Waals surface area contributed by atoms with Crippen molar-refractivity contribution >= 4 is 10.0 Å². The molecule has 96 valence electrons. The van der Waals surface area contributed by atoms with Crippen molar-refractivity contribution in [2.75, 3.05) is 13.1 Å². The number of nitriles is 1. The number of aryl methyl sites for hydroxylation is 1. The Kier molecular flexibility index (Phi) is 3.66. The molecule has 0 radical (unpaired) electrons. The van der Waals surface area contributed by atoms with E-state index in [1.807, 2.05) is 6.07 Å². The highest BCUT2D eigenvalue weighted by molar-refractivity contribution is 7.89. The van der Waals surface area contributed by atoms with Crippen molar-refractivity contribution in [1.29, 1.82) is 5.26 Å². The van der Waals surface area contributed by atoms with Crippen LogP contribution in [0.25, 0.3) is 0 Å². The summed E-state index contributed by atoms with van der Waals surface area (Å²) in [4.78, 5) is 0.244. The van der Waals surface area contributed by atoms with Gasteiger partial charge in [-0.15, -0.1) is 0 Å². The maximum Gasteiger partial charge on any atom is 0.241 e. The second-order valence-electron chi connectivity index (χ2n) is 4.40. The lowest BCUT2D eigenvalue weighted by Crippen LogP contribution is -2.36. The number of hydrogen-bond donors (Lipinski definition) is 2. The van der Waals surface area contributed by atoms with Gasteiger partial charge in [-0.05, 0) is 43.7 Å². The molecule has 2 N–H and O–H groups in total. The molecule has 0 aromatic heterocycles. The van der Waals surface area contributed by atoms with Crippen LogP contribution in [0.4, 0.5) is 0 Å². The predicted octanol–water partition coefficient (Wildman–Crippen LogP) is 0.507. The van der Waals surface area contributed by atoms with E-state index in [4.69, 9.17) is 5.26 Å². The Morgan fingerprint density at radius 3 is 2.83 bits per heavy atom. The first-order chi connectivity index (χ1) is 8.53. The van der Waals surface area contributed by atoms with Gasteiger partial charge in [0.05, 0.1) is 16.5 Å². The zero-order chi connectivity index (χ0) is 13.2. The molecule has 1 saturated heterocycles. The lowest BCUT2D eigenvalue weighted by Gasteiger charge is -2.13. The topological polar surface area (TPSA) is 82.0 Å². The molecule has 0 amide bonds. The summed E-state index contributed by atoms with van der Waals surface area (Å²) < 4.78 is 27.1. The fourth-order valence-corrected chi connectivity index (χ4v) is 3.56. The fraction of sp³-hybridized carbons (Fsp3) is 0.417. The second-order valence-corrected chi connectivity index (χ2v) is 6.09. The Balaban J connectivity index is 2.27. The van der Waals surface area contributed by atoms with E-state index in [-0.39, 0.29) is 10.9 Å². The third-order valence-electron chi connectivity index (χ3n) is 2.98. The van der Waals surface area contributed by atoms with Crippen molar-refractivity contribution in [2.24, 2.45) is 0 Å². The van der Waals surface area contributed by atoms with Crippen LogP contribution >= 0.6 is 0 Å². The molecule has 1 aliphatic heterocycles. The molecule has 1 aromatic rings. The number of hydrogen-bond acceptors (Lipinski definition) is 4. The monoisotopic (exact) mass is 265 g/mol. The summed E-state index contributed by atoms with van der Waals surface area (Å²) in [6, 6.07) is 6.54. The Bertz CT molecular complexity index is 584. The molecule has 0 spiro atoms. The Morgan fingerprint density at radius 2 is 2.28 bits per heavy atom. The molecule has 6 heteroatoms. The van der Waals surface area contributed by atoms with Crippen molar-refractivity contribution in [2.45, 2.75) is 24.3 Å². The maximum absolute atomic E-state index is 12.2. The molecule has 0 bridgehead atoms. The van der Waals surface area contributed by atoms with Gasteiger partial charge in [0.1, 0.15) is 0 Å². The largest absolute Gasteiger partial charge is 0.315 e. The number of nitrogens with zero attached hydrogens (tertiary/aromatic N) is 1. The Morgan fingerprint density at radius 1 is 1.50 bits per heavy atom. The van der Waals surface area contributed by atoms with E-state index in [1.54, 1.807) is 13.0 Å². The molecule has 1 atom stereocenters. The van der Waals surface area contributed by atoms with Gasteiger partial charge in [-0.1, -0.05) is 0 Å². The highest BCUT2D eigenvalue weighted by Crippen LogP contribution is 2.17. The van der Waals surface area contributed by atoms with Crippen LogP contribution < -0.4 is 10.0 Å². The molecule has 0 aliphatic carbocycles. The maximum atomic E-state index is 12.2. The van der Waals surface area contributed by atoms with E-state index >= 15 is 0 Å². The minimum atomic E-state index is -3.50. The summed E-state index contributed by atoms with van der Waals surface area (Å²) in [5.41, 5.74) is 1.06. The van der Waals surface area contributed by atoms with E-state index in [2.05, 4.69) is 10.0 Å². The summed E-state index contributed by atoms with van der Waals surface area (Å²) in [6.45, 7) is 3.19. The smallest absolute Gasteiger partial charge is 0.241 e. The zero-order valence-corrected chi connectivity index (χ0v) is 10.9. The van der Waals surface area contributed by atoms with Gasteiger partial charge in [-0.3, -0.25) is 0 Å². The zero-order valence-electron chi connectivity index (χ0n) is 10.1. The highest BCUT2D eigenvalue weighted by atomic mass is 32.2. The van der Waals surface area contributed by atoms with E-state index in [9.17, 15) is 8.42 Å². The standard InChI is InChI=1S/C12H15N3O2S/c1-9-6-10(7-13)2-3-12(9)18(16,17)15-11-4-5-14-8-11/h2-3,6,11,14-15H,4-5,8H2,1H3/t11-/m0/s1. The number of nitrogens with one attached hydrogen (secondary N) is 2. The lowest BCUT2D eigenvalue weighted by atomic mass is 10.2. The van der Waals surface area contributed by atoms with E-state index < -0.39 is 10.0 Å². The lowest BCUT2D eigenvalue weighted by molar-refractivity contribution is 0.559. The number of rotatable bonds is 3. The van der Waals surface area contributed by atoms with Crippen LogP contribution in [0.2, 0.25) is 0 Å². The van der Waals surface area contributed by atoms with Crippen LogP contribution in [0, 0.1) is 18.3 Å². The Hall–Kier alpha value is -1.42. The molecule has 2 rings (SSSR count). The number of sulfonamides is 1. The normalized spacial score (nSPS) is 19.7. The first kappa shape index (κ1) is 13.0. The van der Waals surface area contributed by atoms with Crippen molar-refractivity contribution in [3.05, 3.63) is 29.3 Å². The highest BCUT2D eigenvalue weighted by Gasteiger charge is 2.23. The van der Waals surface area contributed by atoms with Crippen molar-refractivity contribution in [3.63, 3.8) is 0 Å². The summed E-state index contributed by atoms with van der Waals surface area (Å²) in [5, 5.41) is 11.9. The first-order valence-electron chi connectivity index (χ1n) is 5.77. The van der Waals surface area contributed by atoms with Crippen molar-refractivity contribution < 1.29 is 8.42 Å². The average molecular weight is 265 g/mol. The molecule has 0 saturated carbocycles. The third kappa shape index (κ3) is 2.70. The van der Waals surface area contributed by atoms with Crippen LogP contribution in [0.3, 0.4) is 0 Å². The molecular formula is C12H15N3O2S. The van der Waals surface area contributed by atoms with Gasteiger partial charge in [0.15, 0.2) is 0 Å². The molecular weight excluding hydrogens is 250 g/mol. The minimum Gasteiger partial charge on any atom is -0.315 e. The van der Waals surface area contributed by atoms with Gasteiger partial charge < -0.3 is 5.32 Å². The predicted molar refractivity (Wildman–Crippen MR) is 67.5 cm³/mol. The first-order valence-corrected chi connectivity index (χ1v) is 7.25. The Labute approximate surface area is 107 Å². The summed E-state index contributed by atoms with van der Waals surface area (Å²) in [6.07, 6.45) is 0.800. The molecule has 1 aromatic carbocycles.